The molecule has 0 aromatic carbocycles. The Morgan fingerprint density at radius 3 is 2.75 bits per heavy atom. The van der Waals surface area contributed by atoms with Crippen LogP contribution in [-0.4, -0.2) is 27.6 Å². The zero-order chi connectivity index (χ0) is 14.9. The highest BCUT2D eigenvalue weighted by Gasteiger charge is 2.48. The molecule has 108 valence electrons. The standard InChI is InChI=1S/C12H11F4N3O/c1-7-3-2-4-9-18-8(6-19(7)9)5-17-11(20)12(15,16)10(13)14/h2-4,6,10H,5H2,1H3,(H,17,20). The molecule has 0 radical (unpaired) electrons. The summed E-state index contributed by atoms with van der Waals surface area (Å²) in [5.74, 6) is -6.71. The monoisotopic (exact) mass is 289 g/mol. The van der Waals surface area contributed by atoms with Gasteiger partial charge in [0, 0.05) is 11.9 Å². The zero-order valence-corrected chi connectivity index (χ0v) is 10.4. The summed E-state index contributed by atoms with van der Waals surface area (Å²) in [6.45, 7) is 1.48. The third-order valence-electron chi connectivity index (χ3n) is 2.75. The van der Waals surface area contributed by atoms with Gasteiger partial charge in [-0.15, -0.1) is 0 Å². The number of imidazole rings is 1. The smallest absolute Gasteiger partial charge is 0.345 e. The molecule has 2 rings (SSSR count). The molecule has 0 spiro atoms. The van der Waals surface area contributed by atoms with E-state index < -0.39 is 18.3 Å². The van der Waals surface area contributed by atoms with E-state index in [2.05, 4.69) is 4.98 Å². The number of nitrogens with zero attached hydrogens (tertiary/aromatic N) is 2. The van der Waals surface area contributed by atoms with E-state index >= 15 is 0 Å². The molecule has 0 atom stereocenters. The molecule has 2 aromatic heterocycles. The Hall–Kier alpha value is -2.12. The van der Waals surface area contributed by atoms with Gasteiger partial charge in [0.25, 0.3) is 5.91 Å². The first kappa shape index (κ1) is 14.3. The van der Waals surface area contributed by atoms with E-state index in [1.165, 1.54) is 0 Å². The molecule has 0 bridgehead atoms. The molecule has 20 heavy (non-hydrogen) atoms. The van der Waals surface area contributed by atoms with E-state index in [1.54, 1.807) is 28.0 Å². The summed E-state index contributed by atoms with van der Waals surface area (Å²) >= 11 is 0. The fourth-order valence-corrected chi connectivity index (χ4v) is 1.67. The van der Waals surface area contributed by atoms with Gasteiger partial charge in [-0.25, -0.2) is 13.8 Å². The first-order valence-electron chi connectivity index (χ1n) is 5.70. The van der Waals surface area contributed by atoms with Gasteiger partial charge in [0.05, 0.1) is 12.2 Å². The fraction of sp³-hybridized carbons (Fsp3) is 0.333. The highest BCUT2D eigenvalue weighted by atomic mass is 19.3. The van der Waals surface area contributed by atoms with Crippen molar-refractivity contribution in [3.05, 3.63) is 35.8 Å². The summed E-state index contributed by atoms with van der Waals surface area (Å²) < 4.78 is 51.1. The second-order valence-corrected chi connectivity index (χ2v) is 4.23. The van der Waals surface area contributed by atoms with Crippen LogP contribution in [0.1, 0.15) is 11.4 Å². The van der Waals surface area contributed by atoms with Crippen LogP contribution in [0, 0.1) is 6.92 Å². The van der Waals surface area contributed by atoms with Crippen LogP contribution in [0.25, 0.3) is 5.65 Å². The number of carbonyl (C=O) groups excluding carboxylic acids is 1. The van der Waals surface area contributed by atoms with E-state index in [0.717, 1.165) is 5.69 Å². The number of fused-ring (bicyclic) bond motifs is 1. The molecular formula is C12H11F4N3O. The summed E-state index contributed by atoms with van der Waals surface area (Å²) in [4.78, 5) is 15.1. The number of aromatic nitrogens is 2. The molecule has 1 N–H and O–H groups in total. The number of pyridine rings is 1. The van der Waals surface area contributed by atoms with E-state index in [0.29, 0.717) is 11.3 Å². The van der Waals surface area contributed by atoms with E-state index in [9.17, 15) is 22.4 Å². The summed E-state index contributed by atoms with van der Waals surface area (Å²) in [6, 6.07) is 5.29. The van der Waals surface area contributed by atoms with Crippen molar-refractivity contribution >= 4 is 11.6 Å². The summed E-state index contributed by atoms with van der Waals surface area (Å²) in [5, 5.41) is 1.76. The quantitative estimate of drug-likeness (QED) is 0.877. The maximum absolute atomic E-state index is 12.7. The van der Waals surface area contributed by atoms with Gasteiger partial charge in [0.15, 0.2) is 0 Å². The van der Waals surface area contributed by atoms with Crippen LogP contribution in [0.15, 0.2) is 24.4 Å². The predicted molar refractivity (Wildman–Crippen MR) is 62.7 cm³/mol. The van der Waals surface area contributed by atoms with Crippen molar-refractivity contribution in [1.29, 1.82) is 0 Å². The third kappa shape index (κ3) is 2.59. The van der Waals surface area contributed by atoms with Crippen molar-refractivity contribution in [2.24, 2.45) is 0 Å². The minimum Gasteiger partial charge on any atom is -0.345 e. The lowest BCUT2D eigenvalue weighted by molar-refractivity contribution is -0.169. The largest absolute Gasteiger partial charge is 0.383 e. The minimum atomic E-state index is -4.70. The molecule has 2 heterocycles. The number of nitrogens with one attached hydrogen (secondary N) is 1. The lowest BCUT2D eigenvalue weighted by atomic mass is 10.3. The average Bonchev–Trinajstić information content (AvgIpc) is 2.80. The van der Waals surface area contributed by atoms with Crippen LogP contribution < -0.4 is 5.32 Å². The van der Waals surface area contributed by atoms with Crippen LogP contribution in [-0.2, 0) is 11.3 Å². The van der Waals surface area contributed by atoms with Gasteiger partial charge in [0.1, 0.15) is 5.65 Å². The van der Waals surface area contributed by atoms with Gasteiger partial charge in [0.2, 0.25) is 0 Å². The van der Waals surface area contributed by atoms with Gasteiger partial charge in [-0.2, -0.15) is 8.78 Å². The molecule has 0 aliphatic heterocycles. The van der Waals surface area contributed by atoms with Crippen LogP contribution >= 0.6 is 0 Å². The molecule has 8 heteroatoms. The Morgan fingerprint density at radius 1 is 1.45 bits per heavy atom. The Morgan fingerprint density at radius 2 is 2.15 bits per heavy atom. The maximum Gasteiger partial charge on any atom is 0.383 e. The van der Waals surface area contributed by atoms with Crippen LogP contribution in [0.3, 0.4) is 0 Å². The van der Waals surface area contributed by atoms with E-state index in [-0.39, 0.29) is 6.54 Å². The van der Waals surface area contributed by atoms with Crippen molar-refractivity contribution in [3.8, 4) is 0 Å². The topological polar surface area (TPSA) is 46.4 Å². The molecule has 0 saturated carbocycles. The van der Waals surface area contributed by atoms with Crippen molar-refractivity contribution < 1.29 is 22.4 Å². The Bertz CT molecular complexity index is 639. The number of hydrogen-bond donors (Lipinski definition) is 1. The summed E-state index contributed by atoms with van der Waals surface area (Å²) in [7, 11) is 0. The number of rotatable bonds is 4. The maximum atomic E-state index is 12.7. The number of halogens is 4. The zero-order valence-electron chi connectivity index (χ0n) is 10.4. The molecule has 0 aliphatic rings. The third-order valence-corrected chi connectivity index (χ3v) is 2.75. The molecular weight excluding hydrogens is 278 g/mol. The predicted octanol–water partition coefficient (Wildman–Crippen LogP) is 2.16. The highest BCUT2D eigenvalue weighted by Crippen LogP contribution is 2.22. The van der Waals surface area contributed by atoms with Gasteiger partial charge in [-0.3, -0.25) is 4.79 Å². The second-order valence-electron chi connectivity index (χ2n) is 4.23. The lowest BCUT2D eigenvalue weighted by Gasteiger charge is -2.13. The Labute approximate surface area is 111 Å². The fourth-order valence-electron chi connectivity index (χ4n) is 1.67. The van der Waals surface area contributed by atoms with Crippen molar-refractivity contribution in [1.82, 2.24) is 14.7 Å². The average molecular weight is 289 g/mol. The number of aryl methyl sites for hydroxylation is 1. The van der Waals surface area contributed by atoms with Crippen molar-refractivity contribution in [3.63, 3.8) is 0 Å². The van der Waals surface area contributed by atoms with Crippen molar-refractivity contribution in [2.45, 2.75) is 25.8 Å². The summed E-state index contributed by atoms with van der Waals surface area (Å²) in [6.07, 6.45) is -2.49. The molecule has 0 aliphatic carbocycles. The molecule has 1 amide bonds. The van der Waals surface area contributed by atoms with Gasteiger partial charge >= 0.3 is 12.3 Å². The number of amides is 1. The normalized spacial score (nSPS) is 12.1. The van der Waals surface area contributed by atoms with Crippen LogP contribution in [0.5, 0.6) is 0 Å². The first-order chi connectivity index (χ1) is 9.32. The minimum absolute atomic E-state index is 0.303. The van der Waals surface area contributed by atoms with Gasteiger partial charge < -0.3 is 9.72 Å². The van der Waals surface area contributed by atoms with Crippen molar-refractivity contribution in [2.75, 3.05) is 0 Å². The molecule has 0 unspecified atom stereocenters. The van der Waals surface area contributed by atoms with E-state index in [1.807, 2.05) is 13.0 Å². The Kier molecular flexibility index (Phi) is 3.65. The molecule has 0 saturated heterocycles. The van der Waals surface area contributed by atoms with Gasteiger partial charge in [-0.1, -0.05) is 6.07 Å². The molecule has 0 fully saturated rings. The SMILES string of the molecule is Cc1cccc2nc(CNC(=O)C(F)(F)C(F)F)cn12. The van der Waals surface area contributed by atoms with Crippen LogP contribution in [0.4, 0.5) is 17.6 Å². The number of alkyl halides is 4. The number of carbonyl (C=O) groups is 1. The lowest BCUT2D eigenvalue weighted by Crippen LogP contribution is -2.44. The molecule has 4 nitrogen and oxygen atoms in total. The second kappa shape index (κ2) is 5.10. The number of hydrogen-bond acceptors (Lipinski definition) is 2. The highest BCUT2D eigenvalue weighted by molar-refractivity contribution is 5.83. The first-order valence-corrected chi connectivity index (χ1v) is 5.70. The summed E-state index contributed by atoms with van der Waals surface area (Å²) in [5.41, 5.74) is 1.75. The molecule has 2 aromatic rings. The van der Waals surface area contributed by atoms with E-state index in [4.69, 9.17) is 0 Å². The Balaban J connectivity index is 2.10. The van der Waals surface area contributed by atoms with Crippen LogP contribution in [0.2, 0.25) is 0 Å². The van der Waals surface area contributed by atoms with Gasteiger partial charge in [-0.05, 0) is 19.1 Å².